The molecule has 0 heterocycles. The fourth-order valence-corrected chi connectivity index (χ4v) is 13.6. The highest BCUT2D eigenvalue weighted by Gasteiger charge is 2.30. The molecule has 97 heavy (non-hydrogen) atoms. The van der Waals surface area contributed by atoms with Crippen molar-refractivity contribution in [1.82, 2.24) is 0 Å². The molecule has 0 amide bonds. The van der Waals surface area contributed by atoms with Crippen LogP contribution in [0.2, 0.25) is 0 Å². The first-order valence-corrected chi connectivity index (χ1v) is 43.5. The summed E-state index contributed by atoms with van der Waals surface area (Å²) in [6.45, 7) is 9.52. The van der Waals surface area contributed by atoms with Crippen LogP contribution >= 0.6 is 15.6 Å². The average Bonchev–Trinajstić information content (AvgIpc) is 1.20. The lowest BCUT2D eigenvalue weighted by molar-refractivity contribution is -0.161. The van der Waals surface area contributed by atoms with Crippen LogP contribution in [0.1, 0.15) is 408 Å². The maximum absolute atomic E-state index is 13.1. The standard InChI is InChI=1S/C78H152O17P2/c1-7-10-12-14-16-18-20-22-24-26-28-30-32-34-36-41-48-54-60-75(80)88-66-73(94-77(82)62-56-50-42-37-35-33-31-29-27-25-23-21-19-17-15-13-11-8-2)68-92-96(84,85)90-64-72(79)65-91-97(86,87)93-69-74(67-89-76(81)61-55-49-45-44-46-52-58-70(4)5)95-78(83)63-57-51-43-39-38-40-47-53-59-71(6)9-3/h70-74,79H,7-69H2,1-6H3,(H,84,85)(H,86,87)/t71?,72-,73-,74-/m1/s1. The first-order valence-electron chi connectivity index (χ1n) is 40.5. The molecule has 3 unspecified atom stereocenters. The van der Waals surface area contributed by atoms with Gasteiger partial charge in [0.25, 0.3) is 0 Å². The highest BCUT2D eigenvalue weighted by atomic mass is 31.2. The molecular weight excluding hydrogens is 1270 g/mol. The predicted molar refractivity (Wildman–Crippen MR) is 395 cm³/mol. The van der Waals surface area contributed by atoms with E-state index < -0.39 is 97.5 Å². The zero-order valence-corrected chi connectivity index (χ0v) is 65.2. The van der Waals surface area contributed by atoms with Crippen LogP contribution in [0, 0.1) is 11.8 Å². The molecule has 0 saturated carbocycles. The Kier molecular flexibility index (Phi) is 68.4. The van der Waals surface area contributed by atoms with Crippen LogP contribution in [-0.2, 0) is 65.4 Å². The van der Waals surface area contributed by atoms with Crippen LogP contribution in [0.15, 0.2) is 0 Å². The molecule has 0 aliphatic carbocycles. The molecule has 6 atom stereocenters. The van der Waals surface area contributed by atoms with Gasteiger partial charge in [-0.1, -0.05) is 356 Å². The van der Waals surface area contributed by atoms with Crippen molar-refractivity contribution in [2.45, 2.75) is 426 Å². The molecular formula is C78H152O17P2. The normalized spacial score (nSPS) is 14.2. The molecule has 0 fully saturated rings. The lowest BCUT2D eigenvalue weighted by Crippen LogP contribution is -2.30. The number of aliphatic hydroxyl groups is 1. The quantitative estimate of drug-likeness (QED) is 0.0222. The number of carbonyl (C=O) groups excluding carboxylic acids is 4. The fraction of sp³-hybridized carbons (Fsp3) is 0.949. The minimum atomic E-state index is -4.96. The summed E-state index contributed by atoms with van der Waals surface area (Å²) in [4.78, 5) is 72.8. The van der Waals surface area contributed by atoms with Crippen molar-refractivity contribution >= 4 is 39.5 Å². The van der Waals surface area contributed by atoms with Crippen molar-refractivity contribution in [1.29, 1.82) is 0 Å². The van der Waals surface area contributed by atoms with E-state index in [0.29, 0.717) is 31.6 Å². The summed E-state index contributed by atoms with van der Waals surface area (Å²) in [5.74, 6) is -0.668. The van der Waals surface area contributed by atoms with E-state index in [0.717, 1.165) is 102 Å². The van der Waals surface area contributed by atoms with Crippen LogP contribution in [0.25, 0.3) is 0 Å². The molecule has 0 aromatic heterocycles. The van der Waals surface area contributed by atoms with Crippen molar-refractivity contribution in [3.8, 4) is 0 Å². The molecule has 19 heteroatoms. The first-order chi connectivity index (χ1) is 46.9. The maximum atomic E-state index is 13.1. The van der Waals surface area contributed by atoms with E-state index in [1.54, 1.807) is 0 Å². The van der Waals surface area contributed by atoms with Crippen LogP contribution in [0.5, 0.6) is 0 Å². The van der Waals surface area contributed by atoms with Crippen molar-refractivity contribution in [2.75, 3.05) is 39.6 Å². The average molecular weight is 1420 g/mol. The Morgan fingerprint density at radius 1 is 0.299 bits per heavy atom. The third kappa shape index (κ3) is 70.9. The molecule has 0 aliphatic heterocycles. The molecule has 0 aliphatic rings. The Balaban J connectivity index is 5.22. The maximum Gasteiger partial charge on any atom is 0.472 e. The van der Waals surface area contributed by atoms with Gasteiger partial charge in [-0.2, -0.15) is 0 Å². The number of carbonyl (C=O) groups is 4. The second kappa shape index (κ2) is 69.8. The van der Waals surface area contributed by atoms with E-state index in [1.807, 2.05) is 0 Å². The Labute approximate surface area is 594 Å². The molecule has 0 bridgehead atoms. The fourth-order valence-electron chi connectivity index (χ4n) is 12.0. The van der Waals surface area contributed by atoms with Crippen molar-refractivity contribution in [3.63, 3.8) is 0 Å². The van der Waals surface area contributed by atoms with Crippen LogP contribution in [-0.4, -0.2) is 96.7 Å². The molecule has 3 N–H and O–H groups in total. The highest BCUT2D eigenvalue weighted by molar-refractivity contribution is 7.47. The number of unbranched alkanes of at least 4 members (excludes halogenated alkanes) is 46. The Bertz CT molecular complexity index is 1870. The summed E-state index contributed by atoms with van der Waals surface area (Å²) in [6.07, 6.45) is 58.5. The summed E-state index contributed by atoms with van der Waals surface area (Å²) in [7, 11) is -9.91. The minimum Gasteiger partial charge on any atom is -0.462 e. The highest BCUT2D eigenvalue weighted by Crippen LogP contribution is 2.45. The third-order valence-electron chi connectivity index (χ3n) is 18.6. The number of hydrogen-bond acceptors (Lipinski definition) is 15. The summed E-state index contributed by atoms with van der Waals surface area (Å²) in [5, 5.41) is 10.6. The van der Waals surface area contributed by atoms with Crippen LogP contribution in [0.4, 0.5) is 0 Å². The van der Waals surface area contributed by atoms with Gasteiger partial charge in [0.15, 0.2) is 12.2 Å². The third-order valence-corrected chi connectivity index (χ3v) is 20.5. The smallest absolute Gasteiger partial charge is 0.462 e. The number of aliphatic hydroxyl groups excluding tert-OH is 1. The second-order valence-corrected chi connectivity index (χ2v) is 31.7. The SMILES string of the molecule is CCCCCCCCCCCCCCCCCCCCC(=O)OC[C@H](COP(=O)(O)OC[C@@H](O)COP(=O)(O)OC[C@@H](COC(=O)CCCCCCCCC(C)C)OC(=O)CCCCCCCCCCC(C)CC)OC(=O)CCCCCCCCCCCCCCCCCCCC. The lowest BCUT2D eigenvalue weighted by Gasteiger charge is -2.21. The van der Waals surface area contributed by atoms with E-state index in [-0.39, 0.29) is 25.7 Å². The molecule has 17 nitrogen and oxygen atoms in total. The summed E-state index contributed by atoms with van der Waals surface area (Å²) < 4.78 is 68.6. The summed E-state index contributed by atoms with van der Waals surface area (Å²) >= 11 is 0. The van der Waals surface area contributed by atoms with Crippen molar-refractivity contribution in [2.24, 2.45) is 11.8 Å². The van der Waals surface area contributed by atoms with Gasteiger partial charge in [-0.25, -0.2) is 9.13 Å². The molecule has 0 aromatic rings. The largest absolute Gasteiger partial charge is 0.472 e. The van der Waals surface area contributed by atoms with E-state index in [9.17, 15) is 43.2 Å². The van der Waals surface area contributed by atoms with E-state index in [2.05, 4.69) is 41.5 Å². The predicted octanol–water partition coefficient (Wildman–Crippen LogP) is 23.1. The first kappa shape index (κ1) is 95.1. The van der Waals surface area contributed by atoms with Gasteiger partial charge in [-0.15, -0.1) is 0 Å². The molecule has 0 saturated heterocycles. The molecule has 576 valence electrons. The number of ether oxygens (including phenoxy) is 4. The zero-order valence-electron chi connectivity index (χ0n) is 63.4. The summed E-state index contributed by atoms with van der Waals surface area (Å²) in [5.41, 5.74) is 0. The zero-order chi connectivity index (χ0) is 71.4. The number of esters is 4. The topological polar surface area (TPSA) is 237 Å². The number of rotatable bonds is 77. The molecule has 0 aromatic carbocycles. The second-order valence-electron chi connectivity index (χ2n) is 28.8. The van der Waals surface area contributed by atoms with Gasteiger partial charge < -0.3 is 33.8 Å². The number of hydrogen-bond donors (Lipinski definition) is 3. The molecule has 0 radical (unpaired) electrons. The summed E-state index contributed by atoms with van der Waals surface area (Å²) in [6, 6.07) is 0. The van der Waals surface area contributed by atoms with Gasteiger partial charge in [-0.3, -0.25) is 37.3 Å². The van der Waals surface area contributed by atoms with Gasteiger partial charge in [0, 0.05) is 25.7 Å². The Hall–Kier alpha value is -1.94. The van der Waals surface area contributed by atoms with E-state index in [4.69, 9.17) is 37.0 Å². The Morgan fingerprint density at radius 2 is 0.526 bits per heavy atom. The van der Waals surface area contributed by atoms with Gasteiger partial charge in [-0.05, 0) is 37.5 Å². The molecule has 0 rings (SSSR count). The van der Waals surface area contributed by atoms with Gasteiger partial charge in [0.2, 0.25) is 0 Å². The number of phosphoric ester groups is 2. The van der Waals surface area contributed by atoms with Crippen LogP contribution < -0.4 is 0 Å². The molecule has 0 spiro atoms. The van der Waals surface area contributed by atoms with Crippen molar-refractivity contribution < 1.29 is 80.2 Å². The Morgan fingerprint density at radius 3 is 0.784 bits per heavy atom. The van der Waals surface area contributed by atoms with Gasteiger partial charge in [0.05, 0.1) is 26.4 Å². The van der Waals surface area contributed by atoms with E-state index in [1.165, 1.54) is 218 Å². The monoisotopic (exact) mass is 1420 g/mol. The van der Waals surface area contributed by atoms with E-state index >= 15 is 0 Å². The van der Waals surface area contributed by atoms with Gasteiger partial charge >= 0.3 is 39.5 Å². The lowest BCUT2D eigenvalue weighted by atomic mass is 9.99. The van der Waals surface area contributed by atoms with Crippen molar-refractivity contribution in [3.05, 3.63) is 0 Å². The van der Waals surface area contributed by atoms with Crippen LogP contribution in [0.3, 0.4) is 0 Å². The minimum absolute atomic E-state index is 0.104. The van der Waals surface area contributed by atoms with Gasteiger partial charge in [0.1, 0.15) is 19.3 Å². The number of phosphoric acid groups is 2.